The minimum Gasteiger partial charge on any atom is -0.495 e. The highest BCUT2D eigenvalue weighted by Gasteiger charge is 2.37. The molecule has 98 valence electrons. The van der Waals surface area contributed by atoms with E-state index < -0.39 is 0 Å². The van der Waals surface area contributed by atoms with Gasteiger partial charge >= 0.3 is 0 Å². The highest BCUT2D eigenvalue weighted by molar-refractivity contribution is 8.01. The van der Waals surface area contributed by atoms with E-state index in [-0.39, 0.29) is 10.7 Å². The number of benzene rings is 1. The fraction of sp³-hybridized carbons (Fsp3) is 0.462. The summed E-state index contributed by atoms with van der Waals surface area (Å²) in [6.45, 7) is 1.99. The molecule has 1 aliphatic rings. The molecule has 0 spiro atoms. The second-order valence-electron chi connectivity index (χ2n) is 4.59. The molecule has 0 bridgehead atoms. The van der Waals surface area contributed by atoms with E-state index in [1.807, 2.05) is 6.92 Å². The van der Waals surface area contributed by atoms with Crippen LogP contribution in [0.15, 0.2) is 18.2 Å². The molecule has 0 saturated carbocycles. The maximum Gasteiger partial charge on any atom is 0.240 e. The molecule has 1 heterocycles. The first-order valence-corrected chi connectivity index (χ1v) is 6.93. The van der Waals surface area contributed by atoms with Gasteiger partial charge in [0.15, 0.2) is 0 Å². The van der Waals surface area contributed by atoms with E-state index in [0.717, 1.165) is 18.6 Å². The number of nitrogens with one attached hydrogen (secondary N) is 1. The smallest absolute Gasteiger partial charge is 0.240 e. The number of nitrogen functional groups attached to an aromatic ring is 1. The summed E-state index contributed by atoms with van der Waals surface area (Å²) in [5.74, 6) is 1.72. The summed E-state index contributed by atoms with van der Waals surface area (Å²) in [5.41, 5.74) is 7.05. The first kappa shape index (κ1) is 13.1. The summed E-state index contributed by atoms with van der Waals surface area (Å²) in [7, 11) is 1.57. The zero-order valence-corrected chi connectivity index (χ0v) is 11.5. The van der Waals surface area contributed by atoms with Crippen molar-refractivity contribution in [3.8, 4) is 5.75 Å². The number of thioether (sulfide) groups is 1. The Morgan fingerprint density at radius 3 is 2.89 bits per heavy atom. The second kappa shape index (κ2) is 5.10. The van der Waals surface area contributed by atoms with Crippen molar-refractivity contribution in [3.05, 3.63) is 18.2 Å². The van der Waals surface area contributed by atoms with Crippen LogP contribution in [0.5, 0.6) is 5.75 Å². The van der Waals surface area contributed by atoms with Crippen molar-refractivity contribution in [2.75, 3.05) is 23.9 Å². The fourth-order valence-electron chi connectivity index (χ4n) is 2.03. The normalized spacial score (nSPS) is 22.8. The molecule has 0 radical (unpaired) electrons. The number of nitrogens with two attached hydrogens (primary N) is 1. The lowest BCUT2D eigenvalue weighted by Gasteiger charge is -2.21. The monoisotopic (exact) mass is 266 g/mol. The standard InChI is InChI=1S/C13H18N2O2S/c1-13(6-3-7-18-13)12(16)15-9-4-5-11(17-2)10(14)8-9/h4-5,8H,3,6-7,14H2,1-2H3,(H,15,16). The zero-order chi connectivity index (χ0) is 13.2. The number of anilines is 2. The third kappa shape index (κ3) is 2.56. The largest absolute Gasteiger partial charge is 0.495 e. The van der Waals surface area contributed by atoms with Gasteiger partial charge in [-0.25, -0.2) is 0 Å². The molecule has 1 atom stereocenters. The van der Waals surface area contributed by atoms with Gasteiger partial charge in [-0.1, -0.05) is 0 Å². The quantitative estimate of drug-likeness (QED) is 0.825. The molecule has 1 aromatic carbocycles. The summed E-state index contributed by atoms with van der Waals surface area (Å²) >= 11 is 1.72. The average molecular weight is 266 g/mol. The van der Waals surface area contributed by atoms with Gasteiger partial charge in [-0.05, 0) is 43.7 Å². The Bertz CT molecular complexity index is 456. The SMILES string of the molecule is COc1ccc(NC(=O)C2(C)CCCS2)cc1N. The van der Waals surface area contributed by atoms with Crippen LogP contribution >= 0.6 is 11.8 Å². The first-order valence-electron chi connectivity index (χ1n) is 5.94. The number of hydrogen-bond donors (Lipinski definition) is 2. The van der Waals surface area contributed by atoms with Gasteiger partial charge < -0.3 is 15.8 Å². The van der Waals surface area contributed by atoms with E-state index in [4.69, 9.17) is 10.5 Å². The van der Waals surface area contributed by atoms with Crippen LogP contribution in [-0.2, 0) is 4.79 Å². The van der Waals surface area contributed by atoms with Crippen molar-refractivity contribution in [1.82, 2.24) is 0 Å². The molecule has 1 saturated heterocycles. The molecule has 0 aromatic heterocycles. The van der Waals surface area contributed by atoms with Crippen molar-refractivity contribution in [2.45, 2.75) is 24.5 Å². The van der Waals surface area contributed by atoms with Gasteiger partial charge in [0.05, 0.1) is 17.5 Å². The Morgan fingerprint density at radius 1 is 1.56 bits per heavy atom. The van der Waals surface area contributed by atoms with Gasteiger partial charge in [-0.3, -0.25) is 4.79 Å². The Kier molecular flexibility index (Phi) is 3.71. The topological polar surface area (TPSA) is 64.3 Å². The predicted molar refractivity (Wildman–Crippen MR) is 76.1 cm³/mol. The fourth-order valence-corrected chi connectivity index (χ4v) is 3.24. The molecule has 5 heteroatoms. The van der Waals surface area contributed by atoms with Gasteiger partial charge in [-0.2, -0.15) is 0 Å². The van der Waals surface area contributed by atoms with Crippen LogP contribution in [0.2, 0.25) is 0 Å². The van der Waals surface area contributed by atoms with Crippen molar-refractivity contribution >= 4 is 29.0 Å². The van der Waals surface area contributed by atoms with Gasteiger partial charge in [0.1, 0.15) is 5.75 Å². The van der Waals surface area contributed by atoms with E-state index in [9.17, 15) is 4.79 Å². The van der Waals surface area contributed by atoms with Crippen LogP contribution < -0.4 is 15.8 Å². The molecule has 0 aliphatic carbocycles. The van der Waals surface area contributed by atoms with E-state index in [1.165, 1.54) is 0 Å². The van der Waals surface area contributed by atoms with Crippen LogP contribution in [0.4, 0.5) is 11.4 Å². The molecular formula is C13H18N2O2S. The van der Waals surface area contributed by atoms with Crippen LogP contribution in [0.1, 0.15) is 19.8 Å². The van der Waals surface area contributed by atoms with Gasteiger partial charge in [-0.15, -0.1) is 11.8 Å². The molecule has 1 aromatic rings. The second-order valence-corrected chi connectivity index (χ2v) is 6.19. The van der Waals surface area contributed by atoms with Crippen molar-refractivity contribution in [2.24, 2.45) is 0 Å². The number of methoxy groups -OCH3 is 1. The number of carbonyl (C=O) groups is 1. The number of hydrogen-bond acceptors (Lipinski definition) is 4. The highest BCUT2D eigenvalue weighted by Crippen LogP contribution is 2.38. The molecule has 1 unspecified atom stereocenters. The van der Waals surface area contributed by atoms with E-state index >= 15 is 0 Å². The molecular weight excluding hydrogens is 248 g/mol. The zero-order valence-electron chi connectivity index (χ0n) is 10.7. The molecule has 18 heavy (non-hydrogen) atoms. The third-order valence-corrected chi connectivity index (χ3v) is 4.71. The maximum absolute atomic E-state index is 12.2. The maximum atomic E-state index is 12.2. The van der Waals surface area contributed by atoms with Crippen molar-refractivity contribution in [3.63, 3.8) is 0 Å². The van der Waals surface area contributed by atoms with E-state index in [0.29, 0.717) is 17.1 Å². The molecule has 1 amide bonds. The summed E-state index contributed by atoms with van der Waals surface area (Å²) < 4.78 is 4.77. The molecule has 4 nitrogen and oxygen atoms in total. The first-order chi connectivity index (χ1) is 8.55. The predicted octanol–water partition coefficient (Wildman–Crippen LogP) is 2.50. The third-order valence-electron chi connectivity index (χ3n) is 3.19. The van der Waals surface area contributed by atoms with E-state index in [1.54, 1.807) is 37.1 Å². The van der Waals surface area contributed by atoms with Gasteiger partial charge in [0, 0.05) is 5.69 Å². The van der Waals surface area contributed by atoms with Gasteiger partial charge in [0.25, 0.3) is 0 Å². The number of rotatable bonds is 3. The summed E-state index contributed by atoms with van der Waals surface area (Å²) in [6, 6.07) is 5.28. The summed E-state index contributed by atoms with van der Waals surface area (Å²) in [6.07, 6.45) is 2.02. The Hall–Kier alpha value is -1.36. The Labute approximate surface area is 111 Å². The lowest BCUT2D eigenvalue weighted by molar-refractivity contribution is -0.118. The van der Waals surface area contributed by atoms with Crippen LogP contribution in [0.3, 0.4) is 0 Å². The highest BCUT2D eigenvalue weighted by atomic mass is 32.2. The van der Waals surface area contributed by atoms with Crippen molar-refractivity contribution in [1.29, 1.82) is 0 Å². The van der Waals surface area contributed by atoms with Crippen LogP contribution in [0.25, 0.3) is 0 Å². The summed E-state index contributed by atoms with van der Waals surface area (Å²) in [4.78, 5) is 12.2. The number of carbonyl (C=O) groups excluding carboxylic acids is 1. The Balaban J connectivity index is 2.09. The lowest BCUT2D eigenvalue weighted by Crippen LogP contribution is -2.34. The number of ether oxygens (including phenoxy) is 1. The molecule has 3 N–H and O–H groups in total. The van der Waals surface area contributed by atoms with E-state index in [2.05, 4.69) is 5.32 Å². The molecule has 2 rings (SSSR count). The van der Waals surface area contributed by atoms with Crippen LogP contribution in [-0.4, -0.2) is 23.5 Å². The molecule has 1 aliphatic heterocycles. The minimum atomic E-state index is -0.311. The summed E-state index contributed by atoms with van der Waals surface area (Å²) in [5, 5.41) is 2.92. The number of amides is 1. The lowest BCUT2D eigenvalue weighted by atomic mass is 10.0. The average Bonchev–Trinajstić information content (AvgIpc) is 2.78. The Morgan fingerprint density at radius 2 is 2.33 bits per heavy atom. The molecule has 1 fully saturated rings. The minimum absolute atomic E-state index is 0.0505. The van der Waals surface area contributed by atoms with Gasteiger partial charge in [0.2, 0.25) is 5.91 Å². The van der Waals surface area contributed by atoms with Crippen molar-refractivity contribution < 1.29 is 9.53 Å². The van der Waals surface area contributed by atoms with Crippen LogP contribution in [0, 0.1) is 0 Å².